The molecule has 0 spiro atoms. The Bertz CT molecular complexity index is 921. The monoisotopic (exact) mass is 480 g/mol. The molecule has 2 aromatic rings. The molecular formula is C30H40O5. The van der Waals surface area contributed by atoms with Gasteiger partial charge in [0.15, 0.2) is 6.10 Å². The van der Waals surface area contributed by atoms with Gasteiger partial charge in [0.25, 0.3) is 0 Å². The van der Waals surface area contributed by atoms with Crippen molar-refractivity contribution in [3.8, 4) is 22.6 Å². The Hall–Kier alpha value is -2.82. The first kappa shape index (κ1) is 26.8. The Morgan fingerprint density at radius 3 is 2.34 bits per heavy atom. The van der Waals surface area contributed by atoms with Gasteiger partial charge in [0.2, 0.25) is 0 Å². The van der Waals surface area contributed by atoms with Crippen molar-refractivity contribution in [1.82, 2.24) is 0 Å². The van der Waals surface area contributed by atoms with Gasteiger partial charge in [0, 0.05) is 5.56 Å². The molecule has 0 saturated carbocycles. The normalized spacial score (nSPS) is 17.6. The summed E-state index contributed by atoms with van der Waals surface area (Å²) in [5.74, 6) is 0.397. The SMILES string of the molecule is CCCCCCCCOc1ccc(-c2ccccc2OC(=O)[C@@H]2CC[C@@H](CCCC)C(=O)O2)cc1. The van der Waals surface area contributed by atoms with Crippen LogP contribution in [-0.4, -0.2) is 24.6 Å². The maximum absolute atomic E-state index is 12.8. The predicted molar refractivity (Wildman–Crippen MR) is 139 cm³/mol. The average Bonchev–Trinajstić information content (AvgIpc) is 2.88. The molecule has 1 aliphatic rings. The maximum Gasteiger partial charge on any atom is 0.352 e. The van der Waals surface area contributed by atoms with E-state index in [0.29, 0.717) is 18.6 Å². The van der Waals surface area contributed by atoms with E-state index >= 15 is 0 Å². The molecule has 0 aliphatic carbocycles. The standard InChI is InChI=1S/C30H40O5/c1-3-5-7-8-9-12-22-33-25-19-16-23(17-20-25)26-14-10-11-15-27(26)34-30(32)28-21-18-24(13-6-4-2)29(31)35-28/h10-11,14-17,19-20,24,28H,3-9,12-13,18,21-22H2,1-2H3/t24-,28+/m1/s1. The van der Waals surface area contributed by atoms with Gasteiger partial charge in [-0.3, -0.25) is 4.79 Å². The first-order chi connectivity index (χ1) is 17.1. The van der Waals surface area contributed by atoms with Crippen LogP contribution < -0.4 is 9.47 Å². The summed E-state index contributed by atoms with van der Waals surface area (Å²) in [5, 5.41) is 0. The summed E-state index contributed by atoms with van der Waals surface area (Å²) >= 11 is 0. The third-order valence-corrected chi connectivity index (χ3v) is 6.57. The lowest BCUT2D eigenvalue weighted by molar-refractivity contribution is -0.171. The Labute approximate surface area is 210 Å². The summed E-state index contributed by atoms with van der Waals surface area (Å²) in [6.45, 7) is 5.05. The highest BCUT2D eigenvalue weighted by atomic mass is 16.6. The molecule has 3 rings (SSSR count). The van der Waals surface area contributed by atoms with Crippen LogP contribution in [0.2, 0.25) is 0 Å². The van der Waals surface area contributed by atoms with Crippen LogP contribution >= 0.6 is 0 Å². The molecule has 35 heavy (non-hydrogen) atoms. The van der Waals surface area contributed by atoms with Gasteiger partial charge in [-0.25, -0.2) is 4.79 Å². The molecule has 0 N–H and O–H groups in total. The largest absolute Gasteiger partial charge is 0.494 e. The predicted octanol–water partition coefficient (Wildman–Crippen LogP) is 7.51. The summed E-state index contributed by atoms with van der Waals surface area (Å²) in [6.07, 6.45) is 10.6. The van der Waals surface area contributed by atoms with Gasteiger partial charge in [-0.15, -0.1) is 0 Å². The first-order valence-electron chi connectivity index (χ1n) is 13.4. The molecule has 190 valence electrons. The van der Waals surface area contributed by atoms with Crippen LogP contribution in [0.25, 0.3) is 11.1 Å². The lowest BCUT2D eigenvalue weighted by Crippen LogP contribution is -2.38. The summed E-state index contributed by atoms with van der Waals surface area (Å²) in [5.41, 5.74) is 1.74. The van der Waals surface area contributed by atoms with E-state index in [1.807, 2.05) is 42.5 Å². The van der Waals surface area contributed by atoms with E-state index in [0.717, 1.165) is 49.2 Å². The zero-order valence-electron chi connectivity index (χ0n) is 21.3. The fourth-order valence-electron chi connectivity index (χ4n) is 4.42. The lowest BCUT2D eigenvalue weighted by Gasteiger charge is -2.26. The van der Waals surface area contributed by atoms with Crippen molar-refractivity contribution in [2.45, 2.75) is 90.6 Å². The van der Waals surface area contributed by atoms with Gasteiger partial charge >= 0.3 is 11.9 Å². The number of ether oxygens (including phenoxy) is 3. The van der Waals surface area contributed by atoms with Crippen LogP contribution in [0.4, 0.5) is 0 Å². The van der Waals surface area contributed by atoms with Gasteiger partial charge in [-0.05, 0) is 49.4 Å². The molecule has 1 heterocycles. The molecule has 1 fully saturated rings. The molecule has 2 aromatic carbocycles. The van der Waals surface area contributed by atoms with Crippen molar-refractivity contribution in [1.29, 1.82) is 0 Å². The Morgan fingerprint density at radius 2 is 1.60 bits per heavy atom. The van der Waals surface area contributed by atoms with Crippen molar-refractivity contribution in [2.75, 3.05) is 6.61 Å². The summed E-state index contributed by atoms with van der Waals surface area (Å²) < 4.78 is 17.0. The van der Waals surface area contributed by atoms with E-state index in [1.165, 1.54) is 32.1 Å². The van der Waals surface area contributed by atoms with Crippen LogP contribution in [0, 0.1) is 5.92 Å². The number of unbranched alkanes of at least 4 members (excludes halogenated alkanes) is 6. The highest BCUT2D eigenvalue weighted by Crippen LogP contribution is 2.32. The Morgan fingerprint density at radius 1 is 0.886 bits per heavy atom. The number of benzene rings is 2. The van der Waals surface area contributed by atoms with Crippen LogP contribution in [0.1, 0.15) is 84.5 Å². The van der Waals surface area contributed by atoms with Crippen LogP contribution in [0.5, 0.6) is 11.5 Å². The zero-order valence-corrected chi connectivity index (χ0v) is 21.3. The van der Waals surface area contributed by atoms with Crippen LogP contribution in [0.3, 0.4) is 0 Å². The number of esters is 2. The number of hydrogen-bond donors (Lipinski definition) is 0. The van der Waals surface area contributed by atoms with E-state index in [9.17, 15) is 9.59 Å². The number of cyclic esters (lactones) is 1. The Balaban J connectivity index is 1.53. The second-order valence-electron chi connectivity index (χ2n) is 9.40. The van der Waals surface area contributed by atoms with Gasteiger partial charge < -0.3 is 14.2 Å². The fourth-order valence-corrected chi connectivity index (χ4v) is 4.42. The molecule has 0 aromatic heterocycles. The van der Waals surface area contributed by atoms with Gasteiger partial charge in [-0.2, -0.15) is 0 Å². The summed E-state index contributed by atoms with van der Waals surface area (Å²) in [7, 11) is 0. The minimum atomic E-state index is -0.841. The number of carbonyl (C=O) groups is 2. The van der Waals surface area contributed by atoms with E-state index < -0.39 is 12.1 Å². The minimum absolute atomic E-state index is 0.104. The van der Waals surface area contributed by atoms with Crippen LogP contribution in [0.15, 0.2) is 48.5 Å². The molecule has 5 heteroatoms. The average molecular weight is 481 g/mol. The van der Waals surface area contributed by atoms with Gasteiger partial charge in [-0.1, -0.05) is 89.1 Å². The highest BCUT2D eigenvalue weighted by Gasteiger charge is 2.35. The lowest BCUT2D eigenvalue weighted by atomic mass is 9.93. The highest BCUT2D eigenvalue weighted by molar-refractivity contribution is 5.84. The molecule has 0 amide bonds. The van der Waals surface area contributed by atoms with E-state index in [2.05, 4.69) is 13.8 Å². The third-order valence-electron chi connectivity index (χ3n) is 6.57. The smallest absolute Gasteiger partial charge is 0.352 e. The van der Waals surface area contributed by atoms with E-state index in [-0.39, 0.29) is 11.9 Å². The van der Waals surface area contributed by atoms with E-state index in [1.54, 1.807) is 6.07 Å². The molecule has 1 aliphatic heterocycles. The van der Waals surface area contributed by atoms with Crippen molar-refractivity contribution in [2.24, 2.45) is 5.92 Å². The second kappa shape index (κ2) is 14.6. The topological polar surface area (TPSA) is 61.8 Å². The van der Waals surface area contributed by atoms with Gasteiger partial charge in [0.05, 0.1) is 12.5 Å². The first-order valence-corrected chi connectivity index (χ1v) is 13.4. The number of para-hydroxylation sites is 1. The zero-order chi connectivity index (χ0) is 24.9. The molecular weight excluding hydrogens is 440 g/mol. The fraction of sp³-hybridized carbons (Fsp3) is 0.533. The molecule has 5 nitrogen and oxygen atoms in total. The van der Waals surface area contributed by atoms with Gasteiger partial charge in [0.1, 0.15) is 11.5 Å². The second-order valence-corrected chi connectivity index (χ2v) is 9.40. The molecule has 1 saturated heterocycles. The number of hydrogen-bond acceptors (Lipinski definition) is 5. The number of rotatable bonds is 14. The molecule has 0 radical (unpaired) electrons. The molecule has 0 bridgehead atoms. The molecule has 0 unspecified atom stereocenters. The Kier molecular flexibility index (Phi) is 11.1. The summed E-state index contributed by atoms with van der Waals surface area (Å²) in [6, 6.07) is 15.3. The maximum atomic E-state index is 12.8. The third kappa shape index (κ3) is 8.41. The van der Waals surface area contributed by atoms with Crippen molar-refractivity contribution >= 4 is 11.9 Å². The molecule has 2 atom stereocenters. The van der Waals surface area contributed by atoms with Crippen LogP contribution in [-0.2, 0) is 14.3 Å². The quantitative estimate of drug-likeness (QED) is 0.159. The van der Waals surface area contributed by atoms with Crippen molar-refractivity contribution < 1.29 is 23.8 Å². The number of carbonyl (C=O) groups excluding carboxylic acids is 2. The van der Waals surface area contributed by atoms with Crippen molar-refractivity contribution in [3.63, 3.8) is 0 Å². The van der Waals surface area contributed by atoms with E-state index in [4.69, 9.17) is 14.2 Å². The van der Waals surface area contributed by atoms with Crippen molar-refractivity contribution in [3.05, 3.63) is 48.5 Å². The summed E-state index contributed by atoms with van der Waals surface area (Å²) in [4.78, 5) is 25.1. The minimum Gasteiger partial charge on any atom is -0.494 e.